The molecule has 6 heteroatoms. The van der Waals surface area contributed by atoms with Crippen LogP contribution in [0.5, 0.6) is 0 Å². The van der Waals surface area contributed by atoms with E-state index in [0.29, 0.717) is 18.5 Å². The molecule has 0 spiro atoms. The summed E-state index contributed by atoms with van der Waals surface area (Å²) in [7, 11) is 0. The zero-order valence-corrected chi connectivity index (χ0v) is 15.3. The van der Waals surface area contributed by atoms with Gasteiger partial charge in [0.15, 0.2) is 0 Å². The summed E-state index contributed by atoms with van der Waals surface area (Å²) in [4.78, 5) is 24.3. The van der Waals surface area contributed by atoms with E-state index in [2.05, 4.69) is 15.7 Å². The van der Waals surface area contributed by atoms with E-state index in [1.165, 1.54) is 0 Å². The Morgan fingerprint density at radius 2 is 1.80 bits per heavy atom. The zero-order chi connectivity index (χ0) is 18.4. The number of carbonyl (C=O) groups excluding carboxylic acids is 2. The molecule has 25 heavy (non-hydrogen) atoms. The predicted molar refractivity (Wildman–Crippen MR) is 97.2 cm³/mol. The fourth-order valence-electron chi connectivity index (χ4n) is 2.60. The lowest BCUT2D eigenvalue weighted by Gasteiger charge is -2.22. The highest BCUT2D eigenvalue weighted by Crippen LogP contribution is 2.19. The maximum absolute atomic E-state index is 12.4. The van der Waals surface area contributed by atoms with Crippen molar-refractivity contribution in [3.05, 3.63) is 53.3 Å². The smallest absolute Gasteiger partial charge is 0.255 e. The minimum atomic E-state index is -0.276. The van der Waals surface area contributed by atoms with Gasteiger partial charge in [-0.2, -0.15) is 5.10 Å². The van der Waals surface area contributed by atoms with Crippen molar-refractivity contribution >= 4 is 11.8 Å². The van der Waals surface area contributed by atoms with Gasteiger partial charge in [0.1, 0.15) is 0 Å². The molecule has 0 unspecified atom stereocenters. The lowest BCUT2D eigenvalue weighted by molar-refractivity contribution is -0.120. The second-order valence-corrected chi connectivity index (χ2v) is 6.89. The summed E-state index contributed by atoms with van der Waals surface area (Å²) in [6, 6.07) is 9.64. The van der Waals surface area contributed by atoms with Crippen LogP contribution in [0, 0.1) is 0 Å². The molecule has 0 aliphatic heterocycles. The first-order valence-electron chi connectivity index (χ1n) is 8.49. The second-order valence-electron chi connectivity index (χ2n) is 6.89. The Labute approximate surface area is 148 Å². The molecule has 2 amide bonds. The van der Waals surface area contributed by atoms with Crippen molar-refractivity contribution < 1.29 is 9.59 Å². The Morgan fingerprint density at radius 3 is 2.40 bits per heavy atom. The second kappa shape index (κ2) is 7.96. The minimum absolute atomic E-state index is 0.0600. The molecule has 0 aliphatic rings. The number of carbonyl (C=O) groups is 2. The Morgan fingerprint density at radius 1 is 1.12 bits per heavy atom. The number of hydrogen-bond donors (Lipinski definition) is 2. The third kappa shape index (κ3) is 4.92. The van der Waals surface area contributed by atoms with Gasteiger partial charge in [-0.3, -0.25) is 14.3 Å². The van der Waals surface area contributed by atoms with Gasteiger partial charge >= 0.3 is 0 Å². The largest absolute Gasteiger partial charge is 0.350 e. The first-order chi connectivity index (χ1) is 11.8. The van der Waals surface area contributed by atoms with Crippen molar-refractivity contribution in [2.75, 3.05) is 6.54 Å². The van der Waals surface area contributed by atoms with Gasteiger partial charge in [-0.1, -0.05) is 37.3 Å². The van der Waals surface area contributed by atoms with Gasteiger partial charge in [0.2, 0.25) is 5.91 Å². The molecule has 0 atom stereocenters. The molecule has 1 aromatic carbocycles. The average molecular weight is 342 g/mol. The summed E-state index contributed by atoms with van der Waals surface area (Å²) in [6.45, 7) is 8.49. The van der Waals surface area contributed by atoms with E-state index in [1.807, 2.05) is 62.7 Å². The number of benzene rings is 1. The van der Waals surface area contributed by atoms with Crippen LogP contribution in [0.15, 0.2) is 36.5 Å². The van der Waals surface area contributed by atoms with Crippen molar-refractivity contribution in [3.63, 3.8) is 0 Å². The topological polar surface area (TPSA) is 76.0 Å². The summed E-state index contributed by atoms with van der Waals surface area (Å²) < 4.78 is 1.86. The maximum atomic E-state index is 12.4. The van der Waals surface area contributed by atoms with E-state index in [-0.39, 0.29) is 23.9 Å². The molecule has 0 saturated carbocycles. The molecule has 0 saturated heterocycles. The lowest BCUT2D eigenvalue weighted by atomic mass is 10.1. The van der Waals surface area contributed by atoms with Crippen LogP contribution in [0.25, 0.3) is 0 Å². The molecule has 2 rings (SSSR count). The molecular weight excluding hydrogens is 316 g/mol. The maximum Gasteiger partial charge on any atom is 0.255 e. The SMILES string of the molecule is CCc1c(C(=O)NCC(=O)NCc2ccccc2)cnn1C(C)(C)C. The molecule has 0 radical (unpaired) electrons. The molecule has 1 aromatic heterocycles. The highest BCUT2D eigenvalue weighted by Gasteiger charge is 2.23. The Hall–Kier alpha value is -2.63. The fraction of sp³-hybridized carbons (Fsp3) is 0.421. The van der Waals surface area contributed by atoms with Crippen molar-refractivity contribution in [2.24, 2.45) is 0 Å². The van der Waals surface area contributed by atoms with E-state index in [1.54, 1.807) is 6.20 Å². The third-order valence-corrected chi connectivity index (χ3v) is 3.83. The Bertz CT molecular complexity index is 730. The summed E-state index contributed by atoms with van der Waals surface area (Å²) in [5, 5.41) is 9.80. The lowest BCUT2D eigenvalue weighted by Crippen LogP contribution is -2.37. The molecule has 0 bridgehead atoms. The zero-order valence-electron chi connectivity index (χ0n) is 15.3. The van der Waals surface area contributed by atoms with E-state index >= 15 is 0 Å². The molecule has 2 N–H and O–H groups in total. The van der Waals surface area contributed by atoms with Gasteiger partial charge in [-0.05, 0) is 32.8 Å². The van der Waals surface area contributed by atoms with Crippen molar-refractivity contribution in [3.8, 4) is 0 Å². The van der Waals surface area contributed by atoms with Gasteiger partial charge in [0.25, 0.3) is 5.91 Å². The molecule has 134 valence electrons. The van der Waals surface area contributed by atoms with Crippen molar-refractivity contribution in [1.82, 2.24) is 20.4 Å². The molecule has 6 nitrogen and oxygen atoms in total. The number of nitrogens with zero attached hydrogens (tertiary/aromatic N) is 2. The molecule has 0 fully saturated rings. The van der Waals surface area contributed by atoms with Gasteiger partial charge in [0.05, 0.1) is 29.5 Å². The number of rotatable bonds is 6. The number of amides is 2. The number of aromatic nitrogens is 2. The highest BCUT2D eigenvalue weighted by molar-refractivity contribution is 5.97. The minimum Gasteiger partial charge on any atom is -0.350 e. The normalized spacial score (nSPS) is 11.2. The fourth-order valence-corrected chi connectivity index (χ4v) is 2.60. The standard InChI is InChI=1S/C19H26N4O2/c1-5-16-15(12-22-23(16)19(2,3)4)18(25)21-13-17(24)20-11-14-9-7-6-8-10-14/h6-10,12H,5,11,13H2,1-4H3,(H,20,24)(H,21,25). The molecule has 2 aromatic rings. The van der Waals surface area contributed by atoms with Crippen LogP contribution in [-0.2, 0) is 23.3 Å². The quantitative estimate of drug-likeness (QED) is 0.845. The monoisotopic (exact) mass is 342 g/mol. The first kappa shape index (κ1) is 18.7. The summed E-state index contributed by atoms with van der Waals surface area (Å²) in [5.41, 5.74) is 2.21. The van der Waals surface area contributed by atoms with Crippen molar-refractivity contribution in [1.29, 1.82) is 0 Å². The van der Waals surface area contributed by atoms with Crippen LogP contribution in [0.1, 0.15) is 49.3 Å². The van der Waals surface area contributed by atoms with Crippen LogP contribution in [-0.4, -0.2) is 28.1 Å². The third-order valence-electron chi connectivity index (χ3n) is 3.83. The Balaban J connectivity index is 1.92. The molecule has 1 heterocycles. The van der Waals surface area contributed by atoms with Gasteiger partial charge in [-0.15, -0.1) is 0 Å². The highest BCUT2D eigenvalue weighted by atomic mass is 16.2. The summed E-state index contributed by atoms with van der Waals surface area (Å²) in [5.74, 6) is -0.499. The molecular formula is C19H26N4O2. The van der Waals surface area contributed by atoms with E-state index < -0.39 is 0 Å². The predicted octanol–water partition coefficient (Wildman–Crippen LogP) is 2.25. The average Bonchev–Trinajstić information content (AvgIpc) is 3.03. The van der Waals surface area contributed by atoms with Crippen LogP contribution in [0.2, 0.25) is 0 Å². The van der Waals surface area contributed by atoms with E-state index in [0.717, 1.165) is 11.3 Å². The summed E-state index contributed by atoms with van der Waals surface area (Å²) >= 11 is 0. The van der Waals surface area contributed by atoms with E-state index in [9.17, 15) is 9.59 Å². The Kier molecular flexibility index (Phi) is 5.96. The summed E-state index contributed by atoms with van der Waals surface area (Å²) in [6.07, 6.45) is 2.27. The van der Waals surface area contributed by atoms with Gasteiger partial charge in [-0.25, -0.2) is 0 Å². The van der Waals surface area contributed by atoms with Crippen LogP contribution in [0.3, 0.4) is 0 Å². The van der Waals surface area contributed by atoms with Crippen LogP contribution in [0.4, 0.5) is 0 Å². The number of hydrogen-bond acceptors (Lipinski definition) is 3. The first-order valence-corrected chi connectivity index (χ1v) is 8.49. The van der Waals surface area contributed by atoms with Crippen molar-refractivity contribution in [2.45, 2.75) is 46.2 Å². The van der Waals surface area contributed by atoms with Gasteiger partial charge in [0, 0.05) is 6.54 Å². The van der Waals surface area contributed by atoms with Crippen LogP contribution < -0.4 is 10.6 Å². The number of nitrogens with one attached hydrogen (secondary N) is 2. The van der Waals surface area contributed by atoms with E-state index in [4.69, 9.17) is 0 Å². The van der Waals surface area contributed by atoms with Gasteiger partial charge < -0.3 is 10.6 Å². The van der Waals surface area contributed by atoms with Crippen LogP contribution >= 0.6 is 0 Å². The molecule has 0 aliphatic carbocycles.